The van der Waals surface area contributed by atoms with Gasteiger partial charge in [0.1, 0.15) is 0 Å². The number of nitrogens with one attached hydrogen (secondary N) is 1. The molecule has 0 radical (unpaired) electrons. The first-order valence-corrected chi connectivity index (χ1v) is 7.21. The Labute approximate surface area is 101 Å². The van der Waals surface area contributed by atoms with Crippen LogP contribution in [0.4, 0.5) is 0 Å². The summed E-state index contributed by atoms with van der Waals surface area (Å²) in [5, 5.41) is 3.86. The van der Waals surface area contributed by atoms with Crippen LogP contribution >= 0.6 is 0 Å². The molecule has 0 saturated heterocycles. The molecule has 1 heteroatoms. The van der Waals surface area contributed by atoms with Gasteiger partial charge in [-0.15, -0.1) is 0 Å². The summed E-state index contributed by atoms with van der Waals surface area (Å²) in [6, 6.07) is 1.68. The maximum atomic E-state index is 3.86. The lowest BCUT2D eigenvalue weighted by Crippen LogP contribution is -2.47. The van der Waals surface area contributed by atoms with E-state index in [1.165, 1.54) is 38.5 Å². The summed E-state index contributed by atoms with van der Waals surface area (Å²) < 4.78 is 0. The number of rotatable bonds is 2. The van der Waals surface area contributed by atoms with Gasteiger partial charge < -0.3 is 5.32 Å². The van der Waals surface area contributed by atoms with Gasteiger partial charge in [-0.1, -0.05) is 27.7 Å². The lowest BCUT2D eigenvalue weighted by molar-refractivity contribution is 0.139. The van der Waals surface area contributed by atoms with Gasteiger partial charge in [0.15, 0.2) is 0 Å². The molecule has 0 atom stereocenters. The maximum Gasteiger partial charge on any atom is 0.00747 e. The molecular weight excluding hydrogens is 194 g/mol. The summed E-state index contributed by atoms with van der Waals surface area (Å²) in [7, 11) is 0. The molecule has 1 N–H and O–H groups in total. The first-order valence-electron chi connectivity index (χ1n) is 7.21. The lowest BCUT2D eigenvalue weighted by Gasteiger charge is -2.41. The Morgan fingerprint density at radius 1 is 0.875 bits per heavy atom. The first kappa shape index (κ1) is 12.4. The van der Waals surface area contributed by atoms with Gasteiger partial charge in [0.25, 0.3) is 0 Å². The van der Waals surface area contributed by atoms with E-state index >= 15 is 0 Å². The maximum absolute atomic E-state index is 3.86. The molecule has 2 aliphatic carbocycles. The molecule has 2 fully saturated rings. The van der Waals surface area contributed by atoms with E-state index < -0.39 is 0 Å². The van der Waals surface area contributed by atoms with Crippen LogP contribution in [0.1, 0.15) is 66.2 Å². The Balaban J connectivity index is 1.69. The van der Waals surface area contributed by atoms with Gasteiger partial charge in [0, 0.05) is 12.1 Å². The van der Waals surface area contributed by atoms with E-state index in [-0.39, 0.29) is 0 Å². The zero-order valence-corrected chi connectivity index (χ0v) is 11.6. The topological polar surface area (TPSA) is 12.0 Å². The van der Waals surface area contributed by atoms with Crippen LogP contribution < -0.4 is 5.32 Å². The van der Waals surface area contributed by atoms with E-state index in [2.05, 4.69) is 33.0 Å². The third-order valence-electron chi connectivity index (χ3n) is 4.80. The van der Waals surface area contributed by atoms with E-state index in [9.17, 15) is 0 Å². The van der Waals surface area contributed by atoms with Crippen molar-refractivity contribution in [3.63, 3.8) is 0 Å². The molecule has 2 rings (SSSR count). The molecule has 0 aromatic carbocycles. The van der Waals surface area contributed by atoms with Crippen molar-refractivity contribution in [1.82, 2.24) is 5.32 Å². The van der Waals surface area contributed by atoms with Gasteiger partial charge in [-0.2, -0.15) is 0 Å². The molecule has 0 amide bonds. The van der Waals surface area contributed by atoms with Crippen molar-refractivity contribution in [1.29, 1.82) is 0 Å². The SMILES string of the molecule is CC1CC(NC2CCC(C(C)(C)C)CC2)C1. The third kappa shape index (κ3) is 3.00. The molecule has 0 spiro atoms. The molecule has 0 aromatic rings. The third-order valence-corrected chi connectivity index (χ3v) is 4.80. The molecule has 0 aromatic heterocycles. The van der Waals surface area contributed by atoms with E-state index in [0.717, 1.165) is 23.9 Å². The van der Waals surface area contributed by atoms with Crippen LogP contribution in [0.25, 0.3) is 0 Å². The second-order valence-corrected chi connectivity index (χ2v) is 7.35. The molecule has 0 aliphatic heterocycles. The highest BCUT2D eigenvalue weighted by atomic mass is 15.0. The van der Waals surface area contributed by atoms with Crippen LogP contribution in [0, 0.1) is 17.3 Å². The van der Waals surface area contributed by atoms with Gasteiger partial charge in [-0.25, -0.2) is 0 Å². The monoisotopic (exact) mass is 223 g/mol. The molecule has 2 saturated carbocycles. The minimum Gasteiger partial charge on any atom is -0.311 e. The Morgan fingerprint density at radius 2 is 1.44 bits per heavy atom. The summed E-state index contributed by atoms with van der Waals surface area (Å²) >= 11 is 0. The highest BCUT2D eigenvalue weighted by Gasteiger charge is 2.32. The van der Waals surface area contributed by atoms with Crippen LogP contribution in [0.5, 0.6) is 0 Å². The van der Waals surface area contributed by atoms with E-state index in [1.807, 2.05) is 0 Å². The largest absolute Gasteiger partial charge is 0.311 e. The molecule has 1 nitrogen and oxygen atoms in total. The van der Waals surface area contributed by atoms with Crippen molar-refractivity contribution in [2.45, 2.75) is 78.3 Å². The molecule has 0 bridgehead atoms. The van der Waals surface area contributed by atoms with Gasteiger partial charge >= 0.3 is 0 Å². The molecular formula is C15H29N. The van der Waals surface area contributed by atoms with Crippen LogP contribution in [0.15, 0.2) is 0 Å². The van der Waals surface area contributed by atoms with Crippen LogP contribution in [0.2, 0.25) is 0 Å². The van der Waals surface area contributed by atoms with Crippen molar-refractivity contribution in [3.05, 3.63) is 0 Å². The quantitative estimate of drug-likeness (QED) is 0.746. The fraction of sp³-hybridized carbons (Fsp3) is 1.00. The summed E-state index contributed by atoms with van der Waals surface area (Å²) in [5.41, 5.74) is 0.524. The van der Waals surface area contributed by atoms with Gasteiger partial charge in [-0.3, -0.25) is 0 Å². The van der Waals surface area contributed by atoms with Crippen molar-refractivity contribution >= 4 is 0 Å². The molecule has 94 valence electrons. The molecule has 0 unspecified atom stereocenters. The molecule has 2 aliphatic rings. The van der Waals surface area contributed by atoms with Crippen molar-refractivity contribution in [2.75, 3.05) is 0 Å². The minimum atomic E-state index is 0.524. The zero-order valence-electron chi connectivity index (χ0n) is 11.6. The lowest BCUT2D eigenvalue weighted by atomic mass is 9.71. The summed E-state index contributed by atoms with van der Waals surface area (Å²) in [4.78, 5) is 0. The first-order chi connectivity index (χ1) is 7.45. The predicted molar refractivity (Wildman–Crippen MR) is 70.5 cm³/mol. The fourth-order valence-electron chi connectivity index (χ4n) is 3.50. The van der Waals surface area contributed by atoms with Gasteiger partial charge in [-0.05, 0) is 55.8 Å². The normalized spacial score (nSPS) is 40.5. The van der Waals surface area contributed by atoms with Crippen LogP contribution in [-0.4, -0.2) is 12.1 Å². The summed E-state index contributed by atoms with van der Waals surface area (Å²) in [6.45, 7) is 9.58. The average Bonchev–Trinajstić information content (AvgIpc) is 2.15. The highest BCUT2D eigenvalue weighted by molar-refractivity contribution is 4.89. The Kier molecular flexibility index (Phi) is 3.63. The van der Waals surface area contributed by atoms with E-state index in [1.54, 1.807) is 0 Å². The number of hydrogen-bond donors (Lipinski definition) is 1. The minimum absolute atomic E-state index is 0.524. The second-order valence-electron chi connectivity index (χ2n) is 7.35. The predicted octanol–water partition coefficient (Wildman–Crippen LogP) is 3.98. The Hall–Kier alpha value is -0.0400. The van der Waals surface area contributed by atoms with Gasteiger partial charge in [0.2, 0.25) is 0 Å². The standard InChI is InChI=1S/C15H29N/c1-11-9-14(10-11)16-13-7-5-12(6-8-13)15(2,3)4/h11-14,16H,5-10H2,1-4H3. The molecule has 0 heterocycles. The van der Waals surface area contributed by atoms with Crippen LogP contribution in [0.3, 0.4) is 0 Å². The van der Waals surface area contributed by atoms with E-state index in [0.29, 0.717) is 5.41 Å². The smallest absolute Gasteiger partial charge is 0.00747 e. The van der Waals surface area contributed by atoms with E-state index in [4.69, 9.17) is 0 Å². The Morgan fingerprint density at radius 3 is 1.88 bits per heavy atom. The van der Waals surface area contributed by atoms with Crippen LogP contribution in [-0.2, 0) is 0 Å². The highest BCUT2D eigenvalue weighted by Crippen LogP contribution is 2.38. The van der Waals surface area contributed by atoms with Gasteiger partial charge in [0.05, 0.1) is 0 Å². The summed E-state index contributed by atoms with van der Waals surface area (Å²) in [5.74, 6) is 1.93. The Bertz CT molecular complexity index is 214. The molecule has 16 heavy (non-hydrogen) atoms. The summed E-state index contributed by atoms with van der Waals surface area (Å²) in [6.07, 6.45) is 8.52. The number of hydrogen-bond acceptors (Lipinski definition) is 1. The van der Waals surface area contributed by atoms with Crippen molar-refractivity contribution in [2.24, 2.45) is 17.3 Å². The average molecular weight is 223 g/mol. The van der Waals surface area contributed by atoms with Crippen molar-refractivity contribution < 1.29 is 0 Å². The van der Waals surface area contributed by atoms with Crippen molar-refractivity contribution in [3.8, 4) is 0 Å². The fourth-order valence-corrected chi connectivity index (χ4v) is 3.50. The second kappa shape index (κ2) is 4.68. The zero-order chi connectivity index (χ0) is 11.8.